The Kier molecular flexibility index (Phi) is 3.85. The molecule has 5 heteroatoms. The van der Waals surface area contributed by atoms with Crippen LogP contribution in [0.25, 0.3) is 5.69 Å². The number of hydrogen-bond donors (Lipinski definition) is 1. The van der Waals surface area contributed by atoms with Gasteiger partial charge in [-0.3, -0.25) is 0 Å². The molecule has 0 spiro atoms. The summed E-state index contributed by atoms with van der Waals surface area (Å²) in [5.74, 6) is -0.709. The van der Waals surface area contributed by atoms with Gasteiger partial charge in [0.15, 0.2) is 0 Å². The first-order valence-electron chi connectivity index (χ1n) is 6.34. The summed E-state index contributed by atoms with van der Waals surface area (Å²) in [5.41, 5.74) is 1.89. The van der Waals surface area contributed by atoms with Crippen LogP contribution in [0.3, 0.4) is 0 Å². The van der Waals surface area contributed by atoms with Gasteiger partial charge < -0.3 is 5.11 Å². The molecule has 0 aliphatic heterocycles. The summed E-state index contributed by atoms with van der Waals surface area (Å²) in [4.78, 5) is 11.3. The van der Waals surface area contributed by atoms with Gasteiger partial charge in [-0.2, -0.15) is 10.4 Å². The molecule has 1 aromatic heterocycles. The van der Waals surface area contributed by atoms with E-state index >= 15 is 0 Å². The van der Waals surface area contributed by atoms with E-state index < -0.39 is 5.97 Å². The lowest BCUT2D eigenvalue weighted by Gasteiger charge is -2.11. The summed E-state index contributed by atoms with van der Waals surface area (Å²) < 4.78 is 1.56. The number of carboxylic acids is 1. The number of nitrogens with zero attached hydrogens (tertiary/aromatic N) is 3. The average molecular weight is 269 g/mol. The summed E-state index contributed by atoms with van der Waals surface area (Å²) in [6, 6.07) is 9.13. The van der Waals surface area contributed by atoms with E-state index in [1.54, 1.807) is 28.9 Å². The molecule has 0 bridgehead atoms. The molecule has 0 unspecified atom stereocenters. The third-order valence-corrected chi connectivity index (χ3v) is 2.95. The van der Waals surface area contributed by atoms with E-state index in [0.717, 1.165) is 0 Å². The molecule has 0 aliphatic rings. The van der Waals surface area contributed by atoms with E-state index in [2.05, 4.69) is 11.2 Å². The van der Waals surface area contributed by atoms with Crippen LogP contribution >= 0.6 is 0 Å². The lowest BCUT2D eigenvalue weighted by molar-refractivity contribution is 0.0695. The first kappa shape index (κ1) is 13.8. The molecule has 0 aliphatic carbocycles. The molecule has 1 heterocycles. The van der Waals surface area contributed by atoms with Crippen molar-refractivity contribution in [1.82, 2.24) is 9.78 Å². The Morgan fingerprint density at radius 3 is 2.75 bits per heavy atom. The first-order valence-corrected chi connectivity index (χ1v) is 6.34. The van der Waals surface area contributed by atoms with Crippen molar-refractivity contribution in [1.29, 1.82) is 5.26 Å². The predicted molar refractivity (Wildman–Crippen MR) is 73.8 cm³/mol. The number of nitriles is 1. The Balaban J connectivity index is 2.63. The molecule has 0 radical (unpaired) electrons. The van der Waals surface area contributed by atoms with Crippen LogP contribution in [0.4, 0.5) is 0 Å². The summed E-state index contributed by atoms with van der Waals surface area (Å²) >= 11 is 0. The molecule has 1 N–H and O–H groups in total. The maximum Gasteiger partial charge on any atom is 0.339 e. The molecule has 20 heavy (non-hydrogen) atoms. The second-order valence-corrected chi connectivity index (χ2v) is 4.95. The fourth-order valence-electron chi connectivity index (χ4n) is 2.10. The van der Waals surface area contributed by atoms with Gasteiger partial charge in [0.2, 0.25) is 0 Å². The molecular weight excluding hydrogens is 254 g/mol. The standard InChI is InChI=1S/C15H15N3O2/c1-10(2)7-14-12(15(19)20)9-17-18(14)13-6-4-3-5-11(13)8-16/h3-6,9-10H,7H2,1-2H3,(H,19,20). The number of para-hydroxylation sites is 1. The lowest BCUT2D eigenvalue weighted by Crippen LogP contribution is -2.10. The zero-order chi connectivity index (χ0) is 14.7. The Morgan fingerprint density at radius 1 is 1.45 bits per heavy atom. The van der Waals surface area contributed by atoms with Crippen LogP contribution in [-0.2, 0) is 6.42 Å². The molecule has 102 valence electrons. The van der Waals surface area contributed by atoms with Crippen LogP contribution in [0, 0.1) is 17.2 Å². The highest BCUT2D eigenvalue weighted by Crippen LogP contribution is 2.21. The van der Waals surface area contributed by atoms with Crippen molar-refractivity contribution >= 4 is 5.97 Å². The van der Waals surface area contributed by atoms with E-state index in [0.29, 0.717) is 23.4 Å². The number of benzene rings is 1. The van der Waals surface area contributed by atoms with E-state index in [1.807, 2.05) is 13.8 Å². The van der Waals surface area contributed by atoms with Crippen molar-refractivity contribution in [3.05, 3.63) is 47.3 Å². The second kappa shape index (κ2) is 5.57. The van der Waals surface area contributed by atoms with Gasteiger partial charge in [-0.15, -0.1) is 0 Å². The second-order valence-electron chi connectivity index (χ2n) is 4.95. The van der Waals surface area contributed by atoms with Crippen LogP contribution in [0.1, 0.15) is 35.5 Å². The maximum atomic E-state index is 11.3. The van der Waals surface area contributed by atoms with Crippen molar-refractivity contribution in [2.75, 3.05) is 0 Å². The average Bonchev–Trinajstić information content (AvgIpc) is 2.81. The molecule has 0 amide bonds. The minimum Gasteiger partial charge on any atom is -0.478 e. The van der Waals surface area contributed by atoms with Gasteiger partial charge in [0.25, 0.3) is 0 Å². The zero-order valence-electron chi connectivity index (χ0n) is 11.4. The minimum atomic E-state index is -0.999. The van der Waals surface area contributed by atoms with Crippen molar-refractivity contribution in [3.8, 4) is 11.8 Å². The Morgan fingerprint density at radius 2 is 2.15 bits per heavy atom. The number of aromatic nitrogens is 2. The van der Waals surface area contributed by atoms with E-state index in [1.165, 1.54) is 6.20 Å². The molecule has 0 atom stereocenters. The van der Waals surface area contributed by atoms with Gasteiger partial charge in [0.1, 0.15) is 11.6 Å². The van der Waals surface area contributed by atoms with Gasteiger partial charge in [0.05, 0.1) is 23.1 Å². The number of hydrogen-bond acceptors (Lipinski definition) is 3. The summed E-state index contributed by atoms with van der Waals surface area (Å²) in [7, 11) is 0. The fourth-order valence-corrected chi connectivity index (χ4v) is 2.10. The highest BCUT2D eigenvalue weighted by Gasteiger charge is 2.19. The number of carboxylic acid groups (broad SMARTS) is 1. The molecule has 2 rings (SSSR count). The molecule has 0 saturated carbocycles. The predicted octanol–water partition coefficient (Wildman–Crippen LogP) is 2.64. The fraction of sp³-hybridized carbons (Fsp3) is 0.267. The topological polar surface area (TPSA) is 78.9 Å². The summed E-state index contributed by atoms with van der Waals surface area (Å²) in [6.07, 6.45) is 1.93. The molecule has 0 fully saturated rings. The van der Waals surface area contributed by atoms with Crippen LogP contribution in [0.15, 0.2) is 30.5 Å². The molecule has 2 aromatic rings. The number of aromatic carboxylic acids is 1. The van der Waals surface area contributed by atoms with Crippen LogP contribution in [-0.4, -0.2) is 20.9 Å². The zero-order valence-corrected chi connectivity index (χ0v) is 11.4. The van der Waals surface area contributed by atoms with Crippen molar-refractivity contribution in [2.24, 2.45) is 5.92 Å². The molecule has 0 saturated heterocycles. The van der Waals surface area contributed by atoms with Crippen molar-refractivity contribution in [2.45, 2.75) is 20.3 Å². The normalized spacial score (nSPS) is 10.5. The lowest BCUT2D eigenvalue weighted by atomic mass is 10.0. The number of rotatable bonds is 4. The van der Waals surface area contributed by atoms with E-state index in [4.69, 9.17) is 5.26 Å². The van der Waals surface area contributed by atoms with Gasteiger partial charge in [-0.1, -0.05) is 26.0 Å². The maximum absolute atomic E-state index is 11.3. The number of carbonyl (C=O) groups is 1. The van der Waals surface area contributed by atoms with Gasteiger partial charge >= 0.3 is 5.97 Å². The minimum absolute atomic E-state index is 0.187. The van der Waals surface area contributed by atoms with Gasteiger partial charge in [0, 0.05) is 0 Å². The molecule has 1 aromatic carbocycles. The van der Waals surface area contributed by atoms with Crippen LogP contribution in [0.5, 0.6) is 0 Å². The summed E-state index contributed by atoms with van der Waals surface area (Å²) in [5, 5.41) is 22.6. The van der Waals surface area contributed by atoms with Crippen LogP contribution < -0.4 is 0 Å². The molecular formula is C15H15N3O2. The van der Waals surface area contributed by atoms with Gasteiger partial charge in [-0.25, -0.2) is 9.48 Å². The van der Waals surface area contributed by atoms with E-state index in [9.17, 15) is 9.90 Å². The van der Waals surface area contributed by atoms with Gasteiger partial charge in [-0.05, 0) is 24.5 Å². The largest absolute Gasteiger partial charge is 0.478 e. The van der Waals surface area contributed by atoms with Crippen molar-refractivity contribution < 1.29 is 9.90 Å². The third kappa shape index (κ3) is 2.54. The van der Waals surface area contributed by atoms with E-state index in [-0.39, 0.29) is 11.5 Å². The van der Waals surface area contributed by atoms with Crippen molar-refractivity contribution in [3.63, 3.8) is 0 Å². The quantitative estimate of drug-likeness (QED) is 0.925. The van der Waals surface area contributed by atoms with Crippen LogP contribution in [0.2, 0.25) is 0 Å². The first-order chi connectivity index (χ1) is 9.54. The monoisotopic (exact) mass is 269 g/mol. The molecule has 5 nitrogen and oxygen atoms in total. The summed E-state index contributed by atoms with van der Waals surface area (Å²) in [6.45, 7) is 4.03. The highest BCUT2D eigenvalue weighted by atomic mass is 16.4. The Bertz CT molecular complexity index is 681. The highest BCUT2D eigenvalue weighted by molar-refractivity contribution is 5.88. The smallest absolute Gasteiger partial charge is 0.339 e. The SMILES string of the molecule is CC(C)Cc1c(C(=O)O)cnn1-c1ccccc1C#N. The Hall–Kier alpha value is -2.61. The Labute approximate surface area is 117 Å². The third-order valence-electron chi connectivity index (χ3n) is 2.95.